The van der Waals surface area contributed by atoms with Gasteiger partial charge in [-0.25, -0.2) is 0 Å². The summed E-state index contributed by atoms with van der Waals surface area (Å²) in [6.07, 6.45) is 58.3. The average Bonchev–Trinajstić information content (AvgIpc) is 3.20. The molecule has 0 aliphatic rings. The Morgan fingerprint density at radius 2 is 0.719 bits per heavy atom. The Morgan fingerprint density at radius 1 is 0.439 bits per heavy atom. The number of aliphatic hydroxyl groups excluding tert-OH is 3. The normalized spacial score (nSPS) is 13.4. The summed E-state index contributed by atoms with van der Waals surface area (Å²) in [6, 6.07) is -0.739. The molecule has 3 unspecified atom stereocenters. The number of unbranched alkanes of at least 4 members (excludes halogenated alkanes) is 39. The van der Waals surface area contributed by atoms with E-state index in [4.69, 9.17) is 0 Å². The Balaban J connectivity index is 3.45. The van der Waals surface area contributed by atoms with E-state index in [9.17, 15) is 20.1 Å². The van der Waals surface area contributed by atoms with Crippen LogP contribution >= 0.6 is 0 Å². The maximum absolute atomic E-state index is 12.4. The van der Waals surface area contributed by atoms with Crippen LogP contribution in [0.15, 0.2) is 12.2 Å². The van der Waals surface area contributed by atoms with Crippen LogP contribution in [-0.2, 0) is 4.79 Å². The molecule has 0 aliphatic heterocycles. The van der Waals surface area contributed by atoms with Gasteiger partial charge in [-0.15, -0.1) is 0 Å². The van der Waals surface area contributed by atoms with E-state index in [0.29, 0.717) is 6.42 Å². The monoisotopic (exact) mass is 806 g/mol. The minimum atomic E-state index is -0.923. The van der Waals surface area contributed by atoms with Crippen molar-refractivity contribution in [3.05, 3.63) is 12.2 Å². The van der Waals surface area contributed by atoms with E-state index >= 15 is 0 Å². The van der Waals surface area contributed by atoms with Gasteiger partial charge in [0.2, 0.25) is 5.91 Å². The van der Waals surface area contributed by atoms with E-state index in [1.165, 1.54) is 238 Å². The molecular formula is C52H103NO4. The molecular weight excluding hydrogens is 703 g/mol. The minimum absolute atomic E-state index is 0.0188. The number of amides is 1. The minimum Gasteiger partial charge on any atom is -0.394 e. The fourth-order valence-electron chi connectivity index (χ4n) is 8.34. The molecule has 0 aromatic rings. The lowest BCUT2D eigenvalue weighted by molar-refractivity contribution is -0.124. The number of allylic oxidation sites excluding steroid dienone is 1. The highest BCUT2D eigenvalue weighted by atomic mass is 16.3. The summed E-state index contributed by atoms with van der Waals surface area (Å²) in [4.78, 5) is 12.4. The molecule has 5 nitrogen and oxygen atoms in total. The van der Waals surface area contributed by atoms with Gasteiger partial charge in [-0.3, -0.25) is 4.79 Å². The summed E-state index contributed by atoms with van der Waals surface area (Å²) < 4.78 is 0. The van der Waals surface area contributed by atoms with Crippen LogP contribution in [-0.4, -0.2) is 46.1 Å². The van der Waals surface area contributed by atoms with Gasteiger partial charge in [0.25, 0.3) is 0 Å². The highest BCUT2D eigenvalue weighted by Crippen LogP contribution is 2.18. The van der Waals surface area contributed by atoms with Crippen molar-refractivity contribution in [3.63, 3.8) is 0 Å². The summed E-state index contributed by atoms with van der Waals surface area (Å²) in [5, 5.41) is 33.2. The molecule has 0 aromatic carbocycles. The van der Waals surface area contributed by atoms with E-state index in [-0.39, 0.29) is 18.9 Å². The Hall–Kier alpha value is -0.910. The van der Waals surface area contributed by atoms with Crippen molar-refractivity contribution in [2.24, 2.45) is 0 Å². The zero-order valence-corrected chi connectivity index (χ0v) is 38.7. The second-order valence-electron chi connectivity index (χ2n) is 18.1. The molecule has 0 spiro atoms. The predicted molar refractivity (Wildman–Crippen MR) is 250 cm³/mol. The average molecular weight is 806 g/mol. The lowest BCUT2D eigenvalue weighted by Gasteiger charge is -2.21. The fraction of sp³-hybridized carbons (Fsp3) is 0.942. The first kappa shape index (κ1) is 56.1. The largest absolute Gasteiger partial charge is 0.394 e. The molecule has 57 heavy (non-hydrogen) atoms. The number of rotatable bonds is 48. The van der Waals surface area contributed by atoms with Gasteiger partial charge in [0.15, 0.2) is 0 Å². The van der Waals surface area contributed by atoms with E-state index in [1.807, 2.05) is 6.08 Å². The Kier molecular flexibility index (Phi) is 47.0. The van der Waals surface area contributed by atoms with Crippen molar-refractivity contribution < 1.29 is 20.1 Å². The quantitative estimate of drug-likeness (QED) is 0.0364. The second kappa shape index (κ2) is 47.8. The van der Waals surface area contributed by atoms with Crippen LogP contribution in [0.4, 0.5) is 0 Å². The molecule has 5 heteroatoms. The van der Waals surface area contributed by atoms with Crippen molar-refractivity contribution in [3.8, 4) is 0 Å². The number of hydrogen-bond donors (Lipinski definition) is 4. The summed E-state index contributed by atoms with van der Waals surface area (Å²) in [5.41, 5.74) is 0. The van der Waals surface area contributed by atoms with Crippen LogP contribution in [0.2, 0.25) is 0 Å². The van der Waals surface area contributed by atoms with Crippen molar-refractivity contribution >= 4 is 5.91 Å². The second-order valence-corrected chi connectivity index (χ2v) is 18.1. The van der Waals surface area contributed by atoms with Gasteiger partial charge in [0, 0.05) is 0 Å². The molecule has 1 amide bonds. The first-order valence-corrected chi connectivity index (χ1v) is 26.0. The van der Waals surface area contributed by atoms with Crippen molar-refractivity contribution in [1.82, 2.24) is 5.32 Å². The van der Waals surface area contributed by atoms with Crippen molar-refractivity contribution in [2.45, 2.75) is 308 Å². The molecule has 0 aliphatic carbocycles. The molecule has 0 rings (SSSR count). The Bertz CT molecular complexity index is 803. The lowest BCUT2D eigenvalue weighted by atomic mass is 10.0. The van der Waals surface area contributed by atoms with Crippen LogP contribution in [0.25, 0.3) is 0 Å². The van der Waals surface area contributed by atoms with Crippen LogP contribution < -0.4 is 5.32 Å². The van der Waals surface area contributed by atoms with Gasteiger partial charge < -0.3 is 20.6 Å². The van der Waals surface area contributed by atoms with Gasteiger partial charge in [0.05, 0.1) is 31.3 Å². The molecule has 0 aromatic heterocycles. The molecule has 3 atom stereocenters. The molecule has 4 N–H and O–H groups in total. The van der Waals surface area contributed by atoms with E-state index in [0.717, 1.165) is 25.7 Å². The van der Waals surface area contributed by atoms with Crippen LogP contribution in [0, 0.1) is 0 Å². The van der Waals surface area contributed by atoms with Crippen LogP contribution in [0.1, 0.15) is 290 Å². The molecule has 0 heterocycles. The fourth-order valence-corrected chi connectivity index (χ4v) is 8.34. The highest BCUT2D eigenvalue weighted by molar-refractivity contribution is 5.76. The standard InChI is InChI=1S/C52H103NO4/c1-3-5-7-9-11-13-15-16-17-18-19-20-21-22-23-24-25-26-27-28-29-30-31-32-33-34-36-37-39-41-43-45-49(55)47-52(57)53-50(48-54)51(56)46-44-42-40-38-35-14-12-10-8-6-4-2/h44,46,49-51,54-56H,3-43,45,47-48H2,1-2H3,(H,53,57)/b46-44+. The first-order valence-electron chi connectivity index (χ1n) is 26.0. The number of aliphatic hydroxyl groups is 3. The van der Waals surface area contributed by atoms with Gasteiger partial charge in [-0.05, 0) is 19.3 Å². The summed E-state index contributed by atoms with van der Waals surface area (Å²) in [7, 11) is 0. The van der Waals surface area contributed by atoms with Gasteiger partial charge in [-0.1, -0.05) is 276 Å². The van der Waals surface area contributed by atoms with Crippen molar-refractivity contribution in [1.29, 1.82) is 0 Å². The highest BCUT2D eigenvalue weighted by Gasteiger charge is 2.20. The number of carbonyl (C=O) groups excluding carboxylic acids is 1. The zero-order valence-electron chi connectivity index (χ0n) is 38.7. The third-order valence-corrected chi connectivity index (χ3v) is 12.3. The smallest absolute Gasteiger partial charge is 0.222 e. The van der Waals surface area contributed by atoms with E-state index in [2.05, 4.69) is 19.2 Å². The third-order valence-electron chi connectivity index (χ3n) is 12.3. The number of hydrogen-bond acceptors (Lipinski definition) is 4. The van der Waals surface area contributed by atoms with E-state index < -0.39 is 18.2 Å². The lowest BCUT2D eigenvalue weighted by Crippen LogP contribution is -2.45. The summed E-state index contributed by atoms with van der Waals surface area (Å²) in [5.74, 6) is -0.311. The van der Waals surface area contributed by atoms with Gasteiger partial charge >= 0.3 is 0 Å². The molecule has 340 valence electrons. The Morgan fingerprint density at radius 3 is 1.02 bits per heavy atom. The van der Waals surface area contributed by atoms with Gasteiger partial charge in [0.1, 0.15) is 0 Å². The molecule has 0 saturated heterocycles. The molecule has 0 fully saturated rings. The first-order chi connectivity index (χ1) is 28.0. The molecule has 0 bridgehead atoms. The molecule has 0 radical (unpaired) electrons. The number of carbonyl (C=O) groups is 1. The SMILES string of the molecule is CCCCCCCCCCC/C=C/C(O)C(CO)NC(=O)CC(O)CCCCCCCCCCCCCCCCCCCCCCCCCCCCCCCCC. The maximum atomic E-state index is 12.4. The van der Waals surface area contributed by atoms with Crippen molar-refractivity contribution in [2.75, 3.05) is 6.61 Å². The van der Waals surface area contributed by atoms with Crippen LogP contribution in [0.3, 0.4) is 0 Å². The Labute approximate surface area is 357 Å². The summed E-state index contributed by atoms with van der Waals surface area (Å²) >= 11 is 0. The predicted octanol–water partition coefficient (Wildman–Crippen LogP) is 15.6. The zero-order chi connectivity index (χ0) is 41.5. The van der Waals surface area contributed by atoms with Crippen LogP contribution in [0.5, 0.6) is 0 Å². The van der Waals surface area contributed by atoms with Gasteiger partial charge in [-0.2, -0.15) is 0 Å². The third kappa shape index (κ3) is 44.5. The maximum Gasteiger partial charge on any atom is 0.222 e. The number of nitrogens with one attached hydrogen (secondary N) is 1. The van der Waals surface area contributed by atoms with E-state index in [1.54, 1.807) is 6.08 Å². The topological polar surface area (TPSA) is 89.8 Å². The summed E-state index contributed by atoms with van der Waals surface area (Å²) in [6.45, 7) is 4.22. The molecule has 0 saturated carbocycles.